The van der Waals surface area contributed by atoms with Gasteiger partial charge in [-0.25, -0.2) is 8.42 Å². The van der Waals surface area contributed by atoms with E-state index in [2.05, 4.69) is 0 Å². The van der Waals surface area contributed by atoms with Crippen molar-refractivity contribution in [2.45, 2.75) is 44.2 Å². The lowest BCUT2D eigenvalue weighted by atomic mass is 10.1. The molecule has 1 unspecified atom stereocenters. The summed E-state index contributed by atoms with van der Waals surface area (Å²) in [5, 5.41) is 9.14. The van der Waals surface area contributed by atoms with E-state index in [1.54, 1.807) is 17.0 Å². The van der Waals surface area contributed by atoms with Gasteiger partial charge < -0.3 is 9.64 Å². The average molecular weight is 397 g/mol. The number of halogens is 1. The van der Waals surface area contributed by atoms with Gasteiger partial charge >= 0.3 is 0 Å². The van der Waals surface area contributed by atoms with E-state index in [4.69, 9.17) is 21.6 Å². The Morgan fingerprint density at radius 2 is 2.00 bits per heavy atom. The Kier molecular flexibility index (Phi) is 5.73. The number of rotatable bonds is 5. The van der Waals surface area contributed by atoms with Crippen molar-refractivity contribution < 1.29 is 17.9 Å². The Balaban J connectivity index is 1.70. The van der Waals surface area contributed by atoms with Crippen LogP contribution < -0.4 is 4.74 Å². The van der Waals surface area contributed by atoms with E-state index < -0.39 is 9.84 Å². The molecule has 3 rings (SSSR count). The minimum atomic E-state index is -3.07. The first kappa shape index (κ1) is 19.0. The second kappa shape index (κ2) is 7.85. The second-order valence-corrected chi connectivity index (χ2v) is 9.48. The summed E-state index contributed by atoms with van der Waals surface area (Å²) in [6.45, 7) is -0.196. The van der Waals surface area contributed by atoms with Gasteiger partial charge in [0.1, 0.15) is 5.75 Å². The van der Waals surface area contributed by atoms with Crippen LogP contribution in [-0.4, -0.2) is 49.4 Å². The van der Waals surface area contributed by atoms with E-state index in [-0.39, 0.29) is 41.1 Å². The quantitative estimate of drug-likeness (QED) is 0.763. The van der Waals surface area contributed by atoms with E-state index in [0.29, 0.717) is 17.7 Å². The Morgan fingerprint density at radius 3 is 2.58 bits per heavy atom. The highest BCUT2D eigenvalue weighted by Crippen LogP contribution is 2.30. The summed E-state index contributed by atoms with van der Waals surface area (Å²) in [6, 6.07) is 6.43. The molecule has 26 heavy (non-hydrogen) atoms. The molecule has 1 aromatic carbocycles. The molecule has 0 N–H and O–H groups in total. The first-order valence-electron chi connectivity index (χ1n) is 8.73. The molecule has 8 heteroatoms. The van der Waals surface area contributed by atoms with Crippen molar-refractivity contribution in [3.8, 4) is 11.8 Å². The van der Waals surface area contributed by atoms with Crippen molar-refractivity contribution in [2.75, 3.05) is 18.1 Å². The molecule has 1 aliphatic heterocycles. The zero-order valence-electron chi connectivity index (χ0n) is 14.4. The molecule has 1 saturated carbocycles. The summed E-state index contributed by atoms with van der Waals surface area (Å²) in [6.07, 6.45) is 4.40. The number of benzene rings is 1. The summed E-state index contributed by atoms with van der Waals surface area (Å²) < 4.78 is 29.3. The van der Waals surface area contributed by atoms with Crippen molar-refractivity contribution in [1.82, 2.24) is 4.90 Å². The van der Waals surface area contributed by atoms with Crippen LogP contribution in [0.15, 0.2) is 18.2 Å². The first-order chi connectivity index (χ1) is 12.4. The fourth-order valence-electron chi connectivity index (χ4n) is 3.78. The number of sulfone groups is 1. The van der Waals surface area contributed by atoms with E-state index >= 15 is 0 Å². The maximum Gasteiger partial charge on any atom is 0.261 e. The summed E-state index contributed by atoms with van der Waals surface area (Å²) in [5.74, 6) is 0.299. The number of carbonyl (C=O) groups is 1. The number of carbonyl (C=O) groups excluding carboxylic acids is 1. The van der Waals surface area contributed by atoms with Crippen LogP contribution in [0.25, 0.3) is 0 Å². The maximum atomic E-state index is 12.8. The van der Waals surface area contributed by atoms with Gasteiger partial charge in [-0.2, -0.15) is 5.26 Å². The molecule has 0 bridgehead atoms. The summed E-state index contributed by atoms with van der Waals surface area (Å²) in [5.41, 5.74) is 0.414. The van der Waals surface area contributed by atoms with E-state index in [9.17, 15) is 13.2 Å². The molecule has 0 spiro atoms. The standard InChI is InChI=1S/C18H21ClN2O4S/c19-16-9-13(10-20)5-6-17(16)25-11-18(22)21(14-3-1-2-4-14)15-7-8-26(23,24)12-15/h5-6,9,14-15H,1-4,7-8,11-12H2. The first-order valence-corrected chi connectivity index (χ1v) is 10.9. The molecule has 6 nitrogen and oxygen atoms in total. The molecular formula is C18H21ClN2O4S. The van der Waals surface area contributed by atoms with Gasteiger partial charge in [-0.15, -0.1) is 0 Å². The maximum absolute atomic E-state index is 12.8. The predicted octanol–water partition coefficient (Wildman–Crippen LogP) is 2.55. The van der Waals surface area contributed by atoms with Gasteiger partial charge in [-0.1, -0.05) is 24.4 Å². The Hall–Kier alpha value is -1.78. The zero-order valence-corrected chi connectivity index (χ0v) is 15.9. The summed E-state index contributed by atoms with van der Waals surface area (Å²) in [4.78, 5) is 14.6. The number of ether oxygens (including phenoxy) is 1. The van der Waals surface area contributed by atoms with Crippen LogP contribution in [0, 0.1) is 11.3 Å². The number of nitrogens with zero attached hydrogens (tertiary/aromatic N) is 2. The van der Waals surface area contributed by atoms with Gasteiger partial charge in [0, 0.05) is 12.1 Å². The monoisotopic (exact) mass is 396 g/mol. The fourth-order valence-corrected chi connectivity index (χ4v) is 5.73. The molecule has 1 amide bonds. The van der Waals surface area contributed by atoms with Gasteiger partial charge in [0.2, 0.25) is 0 Å². The van der Waals surface area contributed by atoms with Crippen LogP contribution >= 0.6 is 11.6 Å². The molecule has 0 radical (unpaired) electrons. The largest absolute Gasteiger partial charge is 0.482 e. The van der Waals surface area contributed by atoms with Gasteiger partial charge in [-0.3, -0.25) is 4.79 Å². The van der Waals surface area contributed by atoms with Crippen LogP contribution in [0.3, 0.4) is 0 Å². The van der Waals surface area contributed by atoms with Crippen molar-refractivity contribution in [1.29, 1.82) is 5.26 Å². The Morgan fingerprint density at radius 1 is 1.27 bits per heavy atom. The van der Waals surface area contributed by atoms with Gasteiger partial charge in [0.15, 0.2) is 16.4 Å². The van der Waals surface area contributed by atoms with Crippen molar-refractivity contribution in [3.05, 3.63) is 28.8 Å². The average Bonchev–Trinajstić information content (AvgIpc) is 3.24. The Bertz CT molecular complexity index is 828. The molecule has 140 valence electrons. The minimum Gasteiger partial charge on any atom is -0.482 e. The molecule has 2 fully saturated rings. The molecule has 2 aliphatic rings. The van der Waals surface area contributed by atoms with Crippen molar-refractivity contribution >= 4 is 27.3 Å². The Labute approximate surface area is 158 Å². The van der Waals surface area contributed by atoms with Crippen LogP contribution in [0.5, 0.6) is 5.75 Å². The van der Waals surface area contributed by atoms with Crippen LogP contribution in [-0.2, 0) is 14.6 Å². The van der Waals surface area contributed by atoms with Crippen molar-refractivity contribution in [3.63, 3.8) is 0 Å². The van der Waals surface area contributed by atoms with E-state index in [1.165, 1.54) is 6.07 Å². The number of nitriles is 1. The highest BCUT2D eigenvalue weighted by molar-refractivity contribution is 7.91. The SMILES string of the molecule is N#Cc1ccc(OCC(=O)N(C2CCCC2)C2CCS(=O)(=O)C2)c(Cl)c1. The summed E-state index contributed by atoms with van der Waals surface area (Å²) in [7, 11) is -3.07. The van der Waals surface area contributed by atoms with Gasteiger partial charge in [-0.05, 0) is 37.5 Å². The molecule has 1 aromatic rings. The normalized spacial score (nSPS) is 22.1. The third kappa shape index (κ3) is 4.30. The lowest BCUT2D eigenvalue weighted by Gasteiger charge is -2.34. The fraction of sp³-hybridized carbons (Fsp3) is 0.556. The molecule has 1 aliphatic carbocycles. The minimum absolute atomic E-state index is 0.0346. The van der Waals surface area contributed by atoms with E-state index in [1.807, 2.05) is 6.07 Å². The lowest BCUT2D eigenvalue weighted by Crippen LogP contribution is -2.48. The zero-order chi connectivity index (χ0) is 18.7. The third-order valence-electron chi connectivity index (χ3n) is 5.02. The number of hydrogen-bond donors (Lipinski definition) is 0. The highest BCUT2D eigenvalue weighted by atomic mass is 35.5. The molecule has 0 aromatic heterocycles. The third-order valence-corrected chi connectivity index (χ3v) is 7.07. The molecular weight excluding hydrogens is 376 g/mol. The molecule has 1 heterocycles. The molecule has 1 atom stereocenters. The van der Waals surface area contributed by atoms with E-state index in [0.717, 1.165) is 25.7 Å². The lowest BCUT2D eigenvalue weighted by molar-refractivity contribution is -0.137. The number of hydrogen-bond acceptors (Lipinski definition) is 5. The van der Waals surface area contributed by atoms with Crippen molar-refractivity contribution in [2.24, 2.45) is 0 Å². The predicted molar refractivity (Wildman–Crippen MR) is 97.8 cm³/mol. The van der Waals surface area contributed by atoms with Gasteiger partial charge in [0.25, 0.3) is 5.91 Å². The molecule has 1 saturated heterocycles. The smallest absolute Gasteiger partial charge is 0.261 e. The highest BCUT2D eigenvalue weighted by Gasteiger charge is 2.39. The summed E-state index contributed by atoms with van der Waals surface area (Å²) >= 11 is 6.08. The number of amides is 1. The van der Waals surface area contributed by atoms with Gasteiger partial charge in [0.05, 0.1) is 28.2 Å². The van der Waals surface area contributed by atoms with Crippen LogP contribution in [0.2, 0.25) is 5.02 Å². The topological polar surface area (TPSA) is 87.5 Å². The van der Waals surface area contributed by atoms with Crippen LogP contribution in [0.4, 0.5) is 0 Å². The van der Waals surface area contributed by atoms with Crippen LogP contribution in [0.1, 0.15) is 37.7 Å². The second-order valence-electron chi connectivity index (χ2n) is 6.84.